The molecule has 0 bridgehead atoms. The van der Waals surface area contributed by atoms with E-state index in [9.17, 15) is 10.1 Å². The van der Waals surface area contributed by atoms with E-state index in [-0.39, 0.29) is 11.2 Å². The van der Waals surface area contributed by atoms with Crippen molar-refractivity contribution in [3.63, 3.8) is 0 Å². The van der Waals surface area contributed by atoms with Crippen LogP contribution in [0.15, 0.2) is 18.2 Å². The summed E-state index contributed by atoms with van der Waals surface area (Å²) in [6, 6.07) is 4.62. The molecular weight excluding hydrogens is 278 g/mol. The second-order valence-corrected chi connectivity index (χ2v) is 6.02. The Morgan fingerprint density at radius 3 is 2.60 bits per heavy atom. The van der Waals surface area contributed by atoms with Gasteiger partial charge in [0.25, 0.3) is 5.69 Å². The molecule has 5 nitrogen and oxygen atoms in total. The second-order valence-electron chi connectivity index (χ2n) is 5.61. The summed E-state index contributed by atoms with van der Waals surface area (Å²) in [5.74, 6) is 0. The molecule has 2 rings (SSSR count). The molecule has 1 aromatic rings. The monoisotopic (exact) mass is 297 g/mol. The number of hydrogen-bond acceptors (Lipinski definition) is 4. The Hall–Kier alpha value is -1.17. The number of likely N-dealkylation sites (N-methyl/N-ethyl adjacent to an activating group) is 1. The largest absolute Gasteiger partial charge is 0.311 e. The number of hydrogen-bond donors (Lipinski definition) is 1. The summed E-state index contributed by atoms with van der Waals surface area (Å²) in [5.41, 5.74) is 1.18. The van der Waals surface area contributed by atoms with E-state index in [1.165, 1.54) is 31.4 Å². The fraction of sp³-hybridized carbons (Fsp3) is 0.571. The van der Waals surface area contributed by atoms with Crippen molar-refractivity contribution in [3.05, 3.63) is 38.9 Å². The molecule has 0 aliphatic heterocycles. The first-order chi connectivity index (χ1) is 9.44. The van der Waals surface area contributed by atoms with Crippen LogP contribution in [0.5, 0.6) is 0 Å². The Kier molecular flexibility index (Phi) is 4.62. The number of rotatable bonds is 6. The van der Waals surface area contributed by atoms with Crippen molar-refractivity contribution in [2.75, 3.05) is 20.6 Å². The topological polar surface area (TPSA) is 58.4 Å². The Labute approximate surface area is 124 Å². The summed E-state index contributed by atoms with van der Waals surface area (Å²) >= 11 is 6.08. The van der Waals surface area contributed by atoms with Crippen LogP contribution >= 0.6 is 11.6 Å². The van der Waals surface area contributed by atoms with Gasteiger partial charge in [0.1, 0.15) is 0 Å². The van der Waals surface area contributed by atoms with Crippen LogP contribution in [-0.2, 0) is 6.54 Å². The zero-order valence-corrected chi connectivity index (χ0v) is 12.6. The van der Waals surface area contributed by atoms with E-state index in [0.29, 0.717) is 11.6 Å². The fourth-order valence-electron chi connectivity index (χ4n) is 2.59. The van der Waals surface area contributed by atoms with Gasteiger partial charge in [-0.15, -0.1) is 0 Å². The van der Waals surface area contributed by atoms with Crippen molar-refractivity contribution in [3.8, 4) is 0 Å². The third kappa shape index (κ3) is 3.11. The van der Waals surface area contributed by atoms with Crippen LogP contribution in [0.1, 0.15) is 24.8 Å². The van der Waals surface area contributed by atoms with Gasteiger partial charge in [-0.3, -0.25) is 10.1 Å². The van der Waals surface area contributed by atoms with Gasteiger partial charge >= 0.3 is 0 Å². The molecule has 0 unspecified atom stereocenters. The van der Waals surface area contributed by atoms with Crippen LogP contribution < -0.4 is 5.32 Å². The van der Waals surface area contributed by atoms with E-state index in [4.69, 9.17) is 11.6 Å². The summed E-state index contributed by atoms with van der Waals surface area (Å²) in [4.78, 5) is 12.5. The van der Waals surface area contributed by atoms with Crippen molar-refractivity contribution in [2.24, 2.45) is 0 Å². The molecule has 6 heteroatoms. The number of nitro benzene ring substituents is 1. The van der Waals surface area contributed by atoms with E-state index >= 15 is 0 Å². The zero-order chi connectivity index (χ0) is 14.8. The molecule has 0 aromatic heterocycles. The molecule has 0 saturated heterocycles. The third-order valence-corrected chi connectivity index (χ3v) is 4.60. The lowest BCUT2D eigenvalue weighted by Gasteiger charge is -2.47. The SMILES string of the molecule is CN(C)C1(CNCc2ccc([N+](=O)[O-])cc2Cl)CCC1. The van der Waals surface area contributed by atoms with E-state index in [0.717, 1.165) is 12.1 Å². The van der Waals surface area contributed by atoms with Crippen LogP contribution in [0.25, 0.3) is 0 Å². The summed E-state index contributed by atoms with van der Waals surface area (Å²) in [5, 5.41) is 14.5. The first-order valence-corrected chi connectivity index (χ1v) is 7.13. The predicted molar refractivity (Wildman–Crippen MR) is 80.1 cm³/mol. The van der Waals surface area contributed by atoms with Gasteiger partial charge in [0.2, 0.25) is 0 Å². The van der Waals surface area contributed by atoms with Crippen LogP contribution in [0, 0.1) is 10.1 Å². The molecule has 1 N–H and O–H groups in total. The van der Waals surface area contributed by atoms with E-state index < -0.39 is 4.92 Å². The number of nitrogens with zero attached hydrogens (tertiary/aromatic N) is 2. The van der Waals surface area contributed by atoms with E-state index in [1.807, 2.05) is 0 Å². The van der Waals surface area contributed by atoms with Crippen LogP contribution in [0.4, 0.5) is 5.69 Å². The molecular formula is C14H20ClN3O2. The second kappa shape index (κ2) is 6.08. The van der Waals surface area contributed by atoms with Crippen molar-refractivity contribution in [2.45, 2.75) is 31.3 Å². The maximum absolute atomic E-state index is 10.7. The number of non-ortho nitro benzene ring substituents is 1. The molecule has 0 radical (unpaired) electrons. The van der Waals surface area contributed by atoms with Crippen LogP contribution in [0.3, 0.4) is 0 Å². The van der Waals surface area contributed by atoms with Gasteiger partial charge in [0.15, 0.2) is 0 Å². The van der Waals surface area contributed by atoms with Gasteiger partial charge in [-0.2, -0.15) is 0 Å². The smallest absolute Gasteiger partial charge is 0.270 e. The number of nitrogens with one attached hydrogen (secondary N) is 1. The molecule has 0 heterocycles. The molecule has 1 aromatic carbocycles. The number of benzene rings is 1. The average Bonchev–Trinajstić information content (AvgIpc) is 2.33. The lowest BCUT2D eigenvalue weighted by atomic mass is 9.75. The van der Waals surface area contributed by atoms with Gasteiger partial charge in [-0.1, -0.05) is 11.6 Å². The Balaban J connectivity index is 1.93. The summed E-state index contributed by atoms with van der Waals surface area (Å²) in [6.07, 6.45) is 3.69. The molecule has 0 amide bonds. The highest BCUT2D eigenvalue weighted by atomic mass is 35.5. The van der Waals surface area contributed by atoms with Crippen molar-refractivity contribution in [1.82, 2.24) is 10.2 Å². The van der Waals surface area contributed by atoms with Gasteiger partial charge in [0, 0.05) is 30.8 Å². The molecule has 1 aliphatic carbocycles. The van der Waals surface area contributed by atoms with Crippen molar-refractivity contribution in [1.29, 1.82) is 0 Å². The third-order valence-electron chi connectivity index (χ3n) is 4.25. The maximum Gasteiger partial charge on any atom is 0.270 e. The summed E-state index contributed by atoms with van der Waals surface area (Å²) < 4.78 is 0. The van der Waals surface area contributed by atoms with Crippen molar-refractivity contribution < 1.29 is 4.92 Å². The standard InChI is InChI=1S/C14H20ClN3O2/c1-17(2)14(6-3-7-14)10-16-9-11-4-5-12(18(19)20)8-13(11)15/h4-5,8,16H,3,6-7,9-10H2,1-2H3. The molecule has 1 saturated carbocycles. The molecule has 110 valence electrons. The van der Waals surface area contributed by atoms with Crippen LogP contribution in [0.2, 0.25) is 5.02 Å². The predicted octanol–water partition coefficient (Wildman–Crippen LogP) is 2.82. The van der Waals surface area contributed by atoms with Crippen molar-refractivity contribution >= 4 is 17.3 Å². The first-order valence-electron chi connectivity index (χ1n) is 6.76. The lowest BCUT2D eigenvalue weighted by Crippen LogP contribution is -2.56. The minimum atomic E-state index is -0.432. The zero-order valence-electron chi connectivity index (χ0n) is 11.9. The minimum Gasteiger partial charge on any atom is -0.311 e. The normalized spacial score (nSPS) is 17.0. The molecule has 1 fully saturated rings. The first kappa shape index (κ1) is 15.2. The van der Waals surface area contributed by atoms with E-state index in [1.54, 1.807) is 6.07 Å². The number of nitro groups is 1. The summed E-state index contributed by atoms with van der Waals surface area (Å²) in [6.45, 7) is 1.54. The Morgan fingerprint density at radius 1 is 1.45 bits per heavy atom. The molecule has 0 spiro atoms. The molecule has 1 aliphatic rings. The Bertz CT molecular complexity index is 501. The highest BCUT2D eigenvalue weighted by Crippen LogP contribution is 2.35. The van der Waals surface area contributed by atoms with Gasteiger partial charge in [-0.05, 0) is 45.0 Å². The highest BCUT2D eigenvalue weighted by Gasteiger charge is 2.38. The number of halogens is 1. The van der Waals surface area contributed by atoms with Gasteiger partial charge in [0.05, 0.1) is 9.95 Å². The van der Waals surface area contributed by atoms with Gasteiger partial charge in [-0.25, -0.2) is 0 Å². The lowest BCUT2D eigenvalue weighted by molar-refractivity contribution is -0.384. The highest BCUT2D eigenvalue weighted by molar-refractivity contribution is 6.31. The quantitative estimate of drug-likeness (QED) is 0.648. The average molecular weight is 298 g/mol. The Morgan fingerprint density at radius 2 is 2.15 bits per heavy atom. The minimum absolute atomic E-state index is 0.0301. The molecule has 0 atom stereocenters. The fourth-order valence-corrected chi connectivity index (χ4v) is 2.83. The van der Waals surface area contributed by atoms with Crippen LogP contribution in [-0.4, -0.2) is 36.0 Å². The van der Waals surface area contributed by atoms with E-state index in [2.05, 4.69) is 24.3 Å². The maximum atomic E-state index is 10.7. The molecule has 20 heavy (non-hydrogen) atoms. The summed E-state index contributed by atoms with van der Waals surface area (Å²) in [7, 11) is 4.22. The van der Waals surface area contributed by atoms with Gasteiger partial charge < -0.3 is 10.2 Å².